The molecular formula is C15H9Cl2NO2S2. The lowest BCUT2D eigenvalue weighted by Crippen LogP contribution is -2.22. The molecule has 7 heteroatoms. The van der Waals surface area contributed by atoms with Crippen LogP contribution in [0.25, 0.3) is 17.4 Å². The number of furan rings is 1. The Balaban J connectivity index is 1.90. The standard InChI is InChI=1S/C15H9Cl2NO2S2/c1-18-14(19)13(22-15(18)21)7-9-3-5-12(20-9)8-2-4-10(16)11(17)6-8/h2-7H,1H3/b13-7+. The van der Waals surface area contributed by atoms with Gasteiger partial charge in [0.1, 0.15) is 15.8 Å². The third kappa shape index (κ3) is 2.94. The molecule has 0 N–H and O–H groups in total. The predicted octanol–water partition coefficient (Wildman–Crippen LogP) is 5.08. The molecule has 0 radical (unpaired) electrons. The Hall–Kier alpha value is -1.27. The number of hydrogen-bond donors (Lipinski definition) is 0. The first-order valence-corrected chi connectivity index (χ1v) is 8.20. The molecule has 3 nitrogen and oxygen atoms in total. The third-order valence-electron chi connectivity index (χ3n) is 3.09. The second-order valence-corrected chi connectivity index (χ2v) is 7.06. The van der Waals surface area contributed by atoms with E-state index >= 15 is 0 Å². The van der Waals surface area contributed by atoms with Gasteiger partial charge in [-0.25, -0.2) is 0 Å². The van der Waals surface area contributed by atoms with Gasteiger partial charge in [-0.1, -0.05) is 47.2 Å². The zero-order chi connectivity index (χ0) is 15.9. The summed E-state index contributed by atoms with van der Waals surface area (Å²) < 4.78 is 6.27. The second kappa shape index (κ2) is 6.08. The van der Waals surface area contributed by atoms with E-state index in [1.807, 2.05) is 12.1 Å². The largest absolute Gasteiger partial charge is 0.457 e. The number of likely N-dealkylation sites (N-methyl/N-ethyl adjacent to an activating group) is 1. The number of nitrogens with zero attached hydrogens (tertiary/aromatic N) is 1. The monoisotopic (exact) mass is 369 g/mol. The first-order chi connectivity index (χ1) is 10.5. The summed E-state index contributed by atoms with van der Waals surface area (Å²) in [7, 11) is 1.65. The van der Waals surface area contributed by atoms with Crippen molar-refractivity contribution in [1.82, 2.24) is 4.90 Å². The summed E-state index contributed by atoms with van der Waals surface area (Å²) in [6, 6.07) is 8.88. The number of halogens is 2. The Morgan fingerprint density at radius 3 is 2.64 bits per heavy atom. The van der Waals surface area contributed by atoms with Crippen LogP contribution in [0.1, 0.15) is 5.76 Å². The summed E-state index contributed by atoms with van der Waals surface area (Å²) in [6.07, 6.45) is 1.68. The Kier molecular flexibility index (Phi) is 4.32. The van der Waals surface area contributed by atoms with E-state index in [1.165, 1.54) is 16.7 Å². The van der Waals surface area contributed by atoms with Crippen LogP contribution in [-0.4, -0.2) is 22.2 Å². The Morgan fingerprint density at radius 2 is 2.00 bits per heavy atom. The molecule has 0 spiro atoms. The highest BCUT2D eigenvalue weighted by molar-refractivity contribution is 8.26. The van der Waals surface area contributed by atoms with Crippen LogP contribution in [0.15, 0.2) is 39.7 Å². The van der Waals surface area contributed by atoms with Crippen molar-refractivity contribution in [3.05, 3.63) is 51.0 Å². The molecule has 1 amide bonds. The Bertz CT molecular complexity index is 814. The normalized spacial score (nSPS) is 16.9. The van der Waals surface area contributed by atoms with Gasteiger partial charge in [-0.05, 0) is 30.3 Å². The maximum absolute atomic E-state index is 12.0. The predicted molar refractivity (Wildman–Crippen MR) is 95.1 cm³/mol. The van der Waals surface area contributed by atoms with Gasteiger partial charge in [-0.15, -0.1) is 0 Å². The van der Waals surface area contributed by atoms with Gasteiger partial charge < -0.3 is 4.42 Å². The molecule has 1 aromatic heterocycles. The van der Waals surface area contributed by atoms with Crippen LogP contribution >= 0.6 is 47.2 Å². The third-order valence-corrected chi connectivity index (χ3v) is 5.31. The lowest BCUT2D eigenvalue weighted by atomic mass is 10.2. The van der Waals surface area contributed by atoms with Crippen molar-refractivity contribution in [2.24, 2.45) is 0 Å². The van der Waals surface area contributed by atoms with Gasteiger partial charge in [0, 0.05) is 18.7 Å². The van der Waals surface area contributed by atoms with Gasteiger partial charge in [-0.2, -0.15) is 0 Å². The maximum atomic E-state index is 12.0. The summed E-state index contributed by atoms with van der Waals surface area (Å²) in [5.74, 6) is 1.11. The van der Waals surface area contributed by atoms with Crippen LogP contribution in [0.3, 0.4) is 0 Å². The van der Waals surface area contributed by atoms with Crippen molar-refractivity contribution >= 4 is 63.5 Å². The lowest BCUT2D eigenvalue weighted by molar-refractivity contribution is -0.121. The molecule has 1 aliphatic rings. The number of thioether (sulfide) groups is 1. The van der Waals surface area contributed by atoms with Gasteiger partial charge in [0.15, 0.2) is 0 Å². The van der Waals surface area contributed by atoms with Crippen LogP contribution in [-0.2, 0) is 4.79 Å². The molecule has 0 atom stereocenters. The fraction of sp³-hybridized carbons (Fsp3) is 0.0667. The molecule has 1 saturated heterocycles. The van der Waals surface area contributed by atoms with Crippen LogP contribution in [0, 0.1) is 0 Å². The average molecular weight is 370 g/mol. The van der Waals surface area contributed by atoms with Crippen molar-refractivity contribution in [2.45, 2.75) is 0 Å². The maximum Gasteiger partial charge on any atom is 0.266 e. The minimum atomic E-state index is -0.123. The fourth-order valence-electron chi connectivity index (χ4n) is 1.91. The molecule has 1 aliphatic heterocycles. The highest BCUT2D eigenvalue weighted by Crippen LogP contribution is 2.33. The number of amides is 1. The van der Waals surface area contributed by atoms with E-state index in [1.54, 1.807) is 31.3 Å². The summed E-state index contributed by atoms with van der Waals surface area (Å²) >= 11 is 18.3. The molecule has 0 saturated carbocycles. The zero-order valence-corrected chi connectivity index (χ0v) is 14.4. The first-order valence-electron chi connectivity index (χ1n) is 6.22. The number of carbonyl (C=O) groups excluding carboxylic acids is 1. The van der Waals surface area contributed by atoms with Gasteiger partial charge in [-0.3, -0.25) is 9.69 Å². The van der Waals surface area contributed by atoms with E-state index in [2.05, 4.69) is 0 Å². The quantitative estimate of drug-likeness (QED) is 0.545. The van der Waals surface area contributed by atoms with E-state index in [0.717, 1.165) is 5.56 Å². The van der Waals surface area contributed by atoms with Crippen LogP contribution < -0.4 is 0 Å². The topological polar surface area (TPSA) is 33.5 Å². The van der Waals surface area contributed by atoms with Gasteiger partial charge in [0.2, 0.25) is 0 Å². The van der Waals surface area contributed by atoms with E-state index < -0.39 is 0 Å². The molecule has 0 bridgehead atoms. The van der Waals surface area contributed by atoms with Crippen molar-refractivity contribution in [3.8, 4) is 11.3 Å². The van der Waals surface area contributed by atoms with E-state index in [0.29, 0.717) is 30.8 Å². The van der Waals surface area contributed by atoms with Gasteiger partial charge in [0.25, 0.3) is 5.91 Å². The molecule has 1 fully saturated rings. The van der Waals surface area contributed by atoms with Crippen molar-refractivity contribution < 1.29 is 9.21 Å². The van der Waals surface area contributed by atoms with Crippen LogP contribution in [0.4, 0.5) is 0 Å². The highest BCUT2D eigenvalue weighted by atomic mass is 35.5. The summed E-state index contributed by atoms with van der Waals surface area (Å²) in [6.45, 7) is 0. The number of hydrogen-bond acceptors (Lipinski definition) is 4. The number of rotatable bonds is 2. The van der Waals surface area contributed by atoms with E-state index in [-0.39, 0.29) is 5.91 Å². The number of thiocarbonyl (C=S) groups is 1. The molecule has 2 aromatic rings. The second-order valence-electron chi connectivity index (χ2n) is 4.57. The van der Waals surface area contributed by atoms with Crippen molar-refractivity contribution in [2.75, 3.05) is 7.05 Å². The van der Waals surface area contributed by atoms with Gasteiger partial charge >= 0.3 is 0 Å². The fourth-order valence-corrected chi connectivity index (χ4v) is 3.37. The molecule has 0 aliphatic carbocycles. The molecule has 0 unspecified atom stereocenters. The van der Waals surface area contributed by atoms with Crippen LogP contribution in [0.5, 0.6) is 0 Å². The average Bonchev–Trinajstić information content (AvgIpc) is 3.04. The Morgan fingerprint density at radius 1 is 1.23 bits per heavy atom. The number of carbonyl (C=O) groups is 1. The number of benzene rings is 1. The minimum Gasteiger partial charge on any atom is -0.457 e. The molecule has 112 valence electrons. The SMILES string of the molecule is CN1C(=O)/C(=C\c2ccc(-c3ccc(Cl)c(Cl)c3)o2)SC1=S. The van der Waals surface area contributed by atoms with Crippen molar-refractivity contribution in [1.29, 1.82) is 0 Å². The summed E-state index contributed by atoms with van der Waals surface area (Å²) in [4.78, 5) is 13.9. The minimum absolute atomic E-state index is 0.123. The smallest absolute Gasteiger partial charge is 0.266 e. The van der Waals surface area contributed by atoms with E-state index in [4.69, 9.17) is 39.8 Å². The molecular weight excluding hydrogens is 361 g/mol. The molecule has 1 aromatic carbocycles. The molecule has 22 heavy (non-hydrogen) atoms. The first kappa shape index (κ1) is 15.6. The summed E-state index contributed by atoms with van der Waals surface area (Å²) in [5, 5.41) is 0.952. The Labute approximate surface area is 146 Å². The van der Waals surface area contributed by atoms with Crippen molar-refractivity contribution in [3.63, 3.8) is 0 Å². The highest BCUT2D eigenvalue weighted by Gasteiger charge is 2.29. The molecule has 3 rings (SSSR count). The van der Waals surface area contributed by atoms with E-state index in [9.17, 15) is 4.79 Å². The lowest BCUT2D eigenvalue weighted by Gasteiger charge is -2.03. The zero-order valence-electron chi connectivity index (χ0n) is 11.3. The van der Waals surface area contributed by atoms with Crippen LogP contribution in [0.2, 0.25) is 10.0 Å². The van der Waals surface area contributed by atoms with Gasteiger partial charge in [0.05, 0.1) is 15.0 Å². The summed E-state index contributed by atoms with van der Waals surface area (Å²) in [5.41, 5.74) is 0.817. The molecule has 2 heterocycles.